The van der Waals surface area contributed by atoms with E-state index in [-0.39, 0.29) is 5.92 Å². The Kier molecular flexibility index (Phi) is 5.47. The van der Waals surface area contributed by atoms with Gasteiger partial charge in [-0.05, 0) is 29.7 Å². The highest BCUT2D eigenvalue weighted by Gasteiger charge is 2.22. The lowest BCUT2D eigenvalue weighted by molar-refractivity contribution is 0.140. The summed E-state index contributed by atoms with van der Waals surface area (Å²) < 4.78 is 0. The third kappa shape index (κ3) is 3.54. The predicted molar refractivity (Wildman–Crippen MR) is 85.5 cm³/mol. The van der Waals surface area contributed by atoms with Crippen LogP contribution in [0.1, 0.15) is 42.9 Å². The summed E-state index contributed by atoms with van der Waals surface area (Å²) in [6.45, 7) is 2.11. The van der Waals surface area contributed by atoms with E-state index in [9.17, 15) is 5.11 Å². The minimum absolute atomic E-state index is 0.0252. The Balaban J connectivity index is 2.33. The van der Waals surface area contributed by atoms with Crippen molar-refractivity contribution in [3.63, 3.8) is 0 Å². The molecule has 20 heavy (non-hydrogen) atoms. The molecule has 2 atom stereocenters. The van der Waals surface area contributed by atoms with E-state index >= 15 is 0 Å². The quantitative estimate of drug-likeness (QED) is 0.761. The number of hydrogen-bond acceptors (Lipinski definition) is 1. The summed E-state index contributed by atoms with van der Waals surface area (Å²) in [5, 5.41) is 11.7. The zero-order valence-corrected chi connectivity index (χ0v) is 12.9. The van der Waals surface area contributed by atoms with Crippen LogP contribution in [0.3, 0.4) is 0 Å². The maximum atomic E-state index is 10.6. The van der Waals surface area contributed by atoms with E-state index in [4.69, 9.17) is 23.2 Å². The molecule has 0 spiro atoms. The first kappa shape index (κ1) is 15.4. The lowest BCUT2D eigenvalue weighted by Crippen LogP contribution is -2.11. The number of aliphatic hydroxyl groups is 1. The van der Waals surface area contributed by atoms with Gasteiger partial charge in [-0.1, -0.05) is 72.9 Å². The summed E-state index contributed by atoms with van der Waals surface area (Å²) in [6, 6.07) is 15.3. The van der Waals surface area contributed by atoms with E-state index in [1.807, 2.05) is 42.5 Å². The van der Waals surface area contributed by atoms with Crippen LogP contribution in [-0.4, -0.2) is 5.11 Å². The first-order valence-corrected chi connectivity index (χ1v) is 7.57. The number of hydrogen-bond donors (Lipinski definition) is 1. The van der Waals surface area contributed by atoms with Crippen molar-refractivity contribution in [3.8, 4) is 0 Å². The van der Waals surface area contributed by atoms with Gasteiger partial charge in [-0.2, -0.15) is 0 Å². The Morgan fingerprint density at radius 3 is 2.25 bits per heavy atom. The Labute approximate surface area is 130 Å². The largest absolute Gasteiger partial charge is 0.388 e. The molecule has 2 aromatic carbocycles. The van der Waals surface area contributed by atoms with Crippen LogP contribution in [-0.2, 0) is 0 Å². The summed E-state index contributed by atoms with van der Waals surface area (Å²) in [4.78, 5) is 0. The van der Waals surface area contributed by atoms with Crippen molar-refractivity contribution in [3.05, 3.63) is 69.7 Å². The number of rotatable bonds is 5. The van der Waals surface area contributed by atoms with Gasteiger partial charge in [-0.15, -0.1) is 0 Å². The molecular weight excluding hydrogens is 291 g/mol. The maximum Gasteiger partial charge on any atom is 0.0858 e. The van der Waals surface area contributed by atoms with Crippen molar-refractivity contribution >= 4 is 23.2 Å². The topological polar surface area (TPSA) is 20.2 Å². The molecule has 0 aliphatic heterocycles. The minimum atomic E-state index is -0.534. The molecule has 0 fully saturated rings. The second-order valence-electron chi connectivity index (χ2n) is 4.92. The molecule has 1 N–H and O–H groups in total. The summed E-state index contributed by atoms with van der Waals surface area (Å²) in [5.41, 5.74) is 1.95. The fraction of sp³-hybridized carbons (Fsp3) is 0.294. The first-order valence-electron chi connectivity index (χ1n) is 6.81. The van der Waals surface area contributed by atoms with Crippen molar-refractivity contribution in [1.82, 2.24) is 0 Å². The summed E-state index contributed by atoms with van der Waals surface area (Å²) in [7, 11) is 0. The van der Waals surface area contributed by atoms with Gasteiger partial charge < -0.3 is 5.11 Å². The molecule has 106 valence electrons. The van der Waals surface area contributed by atoms with Gasteiger partial charge in [0, 0.05) is 5.92 Å². The summed E-state index contributed by atoms with van der Waals surface area (Å²) in [6.07, 6.45) is 1.36. The molecule has 0 saturated carbocycles. The normalized spacial score (nSPS) is 14.0. The zero-order valence-electron chi connectivity index (χ0n) is 11.4. The second kappa shape index (κ2) is 7.12. The van der Waals surface area contributed by atoms with Crippen LogP contribution in [0.4, 0.5) is 0 Å². The second-order valence-corrected chi connectivity index (χ2v) is 5.74. The SMILES string of the molecule is CCCC(c1ccc(Cl)c(Cl)c1)[C@H](O)c1ccccc1. The fourth-order valence-electron chi connectivity index (χ4n) is 2.44. The lowest BCUT2D eigenvalue weighted by Gasteiger charge is -2.24. The van der Waals surface area contributed by atoms with Crippen LogP contribution in [0.5, 0.6) is 0 Å². The fourth-order valence-corrected chi connectivity index (χ4v) is 2.75. The molecule has 0 aromatic heterocycles. The first-order chi connectivity index (χ1) is 9.63. The van der Waals surface area contributed by atoms with Gasteiger partial charge in [0.1, 0.15) is 0 Å². The van der Waals surface area contributed by atoms with Crippen molar-refractivity contribution in [1.29, 1.82) is 0 Å². The number of benzene rings is 2. The van der Waals surface area contributed by atoms with Gasteiger partial charge in [-0.25, -0.2) is 0 Å². The minimum Gasteiger partial charge on any atom is -0.388 e. The standard InChI is InChI=1S/C17H18Cl2O/c1-2-6-14(13-9-10-15(18)16(19)11-13)17(20)12-7-4-3-5-8-12/h3-5,7-11,14,17,20H,2,6H2,1H3/t14?,17-/m1/s1. The van der Waals surface area contributed by atoms with E-state index in [0.717, 1.165) is 24.0 Å². The Hall–Kier alpha value is -1.02. The van der Waals surface area contributed by atoms with Crippen LogP contribution in [0.25, 0.3) is 0 Å². The molecule has 0 aliphatic rings. The van der Waals surface area contributed by atoms with Crippen molar-refractivity contribution < 1.29 is 5.11 Å². The van der Waals surface area contributed by atoms with Crippen LogP contribution in [0.2, 0.25) is 10.0 Å². The van der Waals surface area contributed by atoms with E-state index < -0.39 is 6.10 Å². The van der Waals surface area contributed by atoms with Crippen molar-refractivity contribution in [2.24, 2.45) is 0 Å². The van der Waals surface area contributed by atoms with E-state index in [1.165, 1.54) is 0 Å². The summed E-state index contributed by atoms with van der Waals surface area (Å²) >= 11 is 12.1. The van der Waals surface area contributed by atoms with Gasteiger partial charge >= 0.3 is 0 Å². The van der Waals surface area contributed by atoms with Gasteiger partial charge in [-0.3, -0.25) is 0 Å². The average molecular weight is 309 g/mol. The van der Waals surface area contributed by atoms with Crippen LogP contribution >= 0.6 is 23.2 Å². The van der Waals surface area contributed by atoms with E-state index in [0.29, 0.717) is 10.0 Å². The molecule has 3 heteroatoms. The van der Waals surface area contributed by atoms with E-state index in [1.54, 1.807) is 6.07 Å². The van der Waals surface area contributed by atoms with E-state index in [2.05, 4.69) is 6.92 Å². The zero-order chi connectivity index (χ0) is 14.5. The Morgan fingerprint density at radius 2 is 1.65 bits per heavy atom. The van der Waals surface area contributed by atoms with Crippen LogP contribution in [0, 0.1) is 0 Å². The maximum absolute atomic E-state index is 10.6. The molecule has 2 rings (SSSR count). The van der Waals surface area contributed by atoms with Crippen molar-refractivity contribution in [2.75, 3.05) is 0 Å². The van der Waals surface area contributed by atoms with Crippen molar-refractivity contribution in [2.45, 2.75) is 31.8 Å². The van der Waals surface area contributed by atoms with Gasteiger partial charge in [0.05, 0.1) is 16.1 Å². The lowest BCUT2D eigenvalue weighted by atomic mass is 9.86. The molecule has 0 amide bonds. The highest BCUT2D eigenvalue weighted by Crippen LogP contribution is 2.36. The molecule has 2 aromatic rings. The molecule has 0 aliphatic carbocycles. The third-order valence-electron chi connectivity index (χ3n) is 3.49. The van der Waals surface area contributed by atoms with Crippen LogP contribution in [0.15, 0.2) is 48.5 Å². The summed E-state index contributed by atoms with van der Waals surface area (Å²) in [5.74, 6) is 0.0252. The smallest absolute Gasteiger partial charge is 0.0858 e. The van der Waals surface area contributed by atoms with Gasteiger partial charge in [0.15, 0.2) is 0 Å². The molecule has 0 heterocycles. The molecule has 1 nitrogen and oxygen atoms in total. The highest BCUT2D eigenvalue weighted by molar-refractivity contribution is 6.42. The highest BCUT2D eigenvalue weighted by atomic mass is 35.5. The Bertz CT molecular complexity index is 554. The number of halogens is 2. The molecule has 0 bridgehead atoms. The van der Waals surface area contributed by atoms with Crippen LogP contribution < -0.4 is 0 Å². The Morgan fingerprint density at radius 1 is 0.950 bits per heavy atom. The van der Waals surface area contributed by atoms with Gasteiger partial charge in [0.25, 0.3) is 0 Å². The monoisotopic (exact) mass is 308 g/mol. The molecule has 0 saturated heterocycles. The number of aliphatic hydroxyl groups excluding tert-OH is 1. The predicted octanol–water partition coefficient (Wildman–Crippen LogP) is 5.61. The third-order valence-corrected chi connectivity index (χ3v) is 4.23. The molecule has 0 radical (unpaired) electrons. The van der Waals surface area contributed by atoms with Gasteiger partial charge in [0.2, 0.25) is 0 Å². The molecular formula is C17H18Cl2O. The molecule has 1 unspecified atom stereocenters. The average Bonchev–Trinajstić information content (AvgIpc) is 2.48.